The Hall–Kier alpha value is -2.52. The highest BCUT2D eigenvalue weighted by molar-refractivity contribution is 7.90. The Bertz CT molecular complexity index is 992. The zero-order valence-electron chi connectivity index (χ0n) is 15.0. The van der Waals surface area contributed by atoms with Gasteiger partial charge in [0.1, 0.15) is 16.4 Å². The molecule has 2 aromatic rings. The Kier molecular flexibility index (Phi) is 5.43. The van der Waals surface area contributed by atoms with Crippen molar-refractivity contribution in [3.05, 3.63) is 47.5 Å². The van der Waals surface area contributed by atoms with Crippen LogP contribution in [0.3, 0.4) is 0 Å². The summed E-state index contributed by atoms with van der Waals surface area (Å²) in [6, 6.07) is 5.47. The lowest BCUT2D eigenvalue weighted by Gasteiger charge is -2.07. The molecule has 144 valence electrons. The Morgan fingerprint density at radius 2 is 2.19 bits per heavy atom. The molecule has 0 aliphatic carbocycles. The molecule has 9 heteroatoms. The zero-order chi connectivity index (χ0) is 19.6. The second-order valence-electron chi connectivity index (χ2n) is 6.44. The molecular formula is C18H20FN3O4S. The van der Waals surface area contributed by atoms with Gasteiger partial charge in [-0.25, -0.2) is 4.39 Å². The summed E-state index contributed by atoms with van der Waals surface area (Å²) in [4.78, 5) is 12.4. The molecule has 0 spiro atoms. The van der Waals surface area contributed by atoms with Crippen molar-refractivity contribution >= 4 is 27.8 Å². The SMILES string of the molecule is Cc1cc(NC(=O)c2cc(S(=O)(=O)N=CC3CCOC3)cn2C)ccc1F. The van der Waals surface area contributed by atoms with Crippen LogP contribution in [0.1, 0.15) is 22.5 Å². The molecular weight excluding hydrogens is 373 g/mol. The number of amides is 1. The second kappa shape index (κ2) is 7.61. The molecule has 0 bridgehead atoms. The maximum absolute atomic E-state index is 13.3. The van der Waals surface area contributed by atoms with Gasteiger partial charge in [0.15, 0.2) is 0 Å². The van der Waals surface area contributed by atoms with Crippen LogP contribution in [-0.2, 0) is 21.8 Å². The molecule has 1 aliphatic rings. The average Bonchev–Trinajstić information content (AvgIpc) is 3.26. The largest absolute Gasteiger partial charge is 0.381 e. The molecule has 0 saturated carbocycles. The van der Waals surface area contributed by atoms with Gasteiger partial charge in [0.2, 0.25) is 0 Å². The maximum atomic E-state index is 13.3. The number of rotatable bonds is 5. The first-order valence-electron chi connectivity index (χ1n) is 8.38. The summed E-state index contributed by atoms with van der Waals surface area (Å²) in [5, 5.41) is 2.63. The van der Waals surface area contributed by atoms with Crippen LogP contribution < -0.4 is 5.32 Å². The van der Waals surface area contributed by atoms with E-state index in [1.807, 2.05) is 0 Å². The number of sulfonamides is 1. The normalized spacial score (nSPS) is 17.5. The van der Waals surface area contributed by atoms with Crippen molar-refractivity contribution in [3.8, 4) is 0 Å². The minimum atomic E-state index is -3.90. The molecule has 1 fully saturated rings. The Morgan fingerprint density at radius 1 is 1.41 bits per heavy atom. The fourth-order valence-corrected chi connectivity index (χ4v) is 3.72. The van der Waals surface area contributed by atoms with E-state index >= 15 is 0 Å². The van der Waals surface area contributed by atoms with Crippen LogP contribution >= 0.6 is 0 Å². The summed E-state index contributed by atoms with van der Waals surface area (Å²) in [5.41, 5.74) is 0.965. The Balaban J connectivity index is 1.78. The van der Waals surface area contributed by atoms with Gasteiger partial charge < -0.3 is 14.6 Å². The molecule has 7 nitrogen and oxygen atoms in total. The molecule has 1 N–H and O–H groups in total. The third-order valence-electron chi connectivity index (χ3n) is 4.30. The topological polar surface area (TPSA) is 89.8 Å². The highest BCUT2D eigenvalue weighted by Gasteiger charge is 2.21. The molecule has 1 aliphatic heterocycles. The standard InChI is InChI=1S/C18H20FN3O4S/c1-12-7-14(3-4-16(12)19)21-18(23)17-8-15(10-22(17)2)27(24,25)20-9-13-5-6-26-11-13/h3-4,7-10,13H,5-6,11H2,1-2H3,(H,21,23). The highest BCUT2D eigenvalue weighted by atomic mass is 32.2. The fourth-order valence-electron chi connectivity index (χ4n) is 2.72. The number of hydrogen-bond donors (Lipinski definition) is 1. The van der Waals surface area contributed by atoms with Crippen LogP contribution in [0.5, 0.6) is 0 Å². The second-order valence-corrected chi connectivity index (χ2v) is 8.08. The molecule has 1 amide bonds. The number of aryl methyl sites for hydroxylation is 2. The summed E-state index contributed by atoms with van der Waals surface area (Å²) in [6.45, 7) is 2.64. The highest BCUT2D eigenvalue weighted by Crippen LogP contribution is 2.19. The predicted octanol–water partition coefficient (Wildman–Crippen LogP) is 2.52. The number of nitrogens with one attached hydrogen (secondary N) is 1. The third kappa shape index (κ3) is 4.42. The number of carbonyl (C=O) groups is 1. The summed E-state index contributed by atoms with van der Waals surface area (Å²) >= 11 is 0. The van der Waals surface area contributed by atoms with Crippen molar-refractivity contribution in [2.24, 2.45) is 17.4 Å². The van der Waals surface area contributed by atoms with Gasteiger partial charge in [0.25, 0.3) is 15.9 Å². The molecule has 27 heavy (non-hydrogen) atoms. The van der Waals surface area contributed by atoms with E-state index in [1.54, 1.807) is 14.0 Å². The lowest BCUT2D eigenvalue weighted by atomic mass is 10.1. The van der Waals surface area contributed by atoms with E-state index in [-0.39, 0.29) is 22.3 Å². The van der Waals surface area contributed by atoms with Crippen molar-refractivity contribution in [1.29, 1.82) is 0 Å². The fraction of sp³-hybridized carbons (Fsp3) is 0.333. The average molecular weight is 393 g/mol. The molecule has 1 aromatic carbocycles. The molecule has 2 heterocycles. The van der Waals surface area contributed by atoms with E-state index in [0.717, 1.165) is 6.42 Å². The Morgan fingerprint density at radius 3 is 2.85 bits per heavy atom. The van der Waals surface area contributed by atoms with E-state index in [4.69, 9.17) is 4.74 Å². The van der Waals surface area contributed by atoms with Crippen molar-refractivity contribution < 1.29 is 22.3 Å². The first kappa shape index (κ1) is 19.2. The summed E-state index contributed by atoms with van der Waals surface area (Å²) in [6.07, 6.45) is 3.46. The van der Waals surface area contributed by atoms with Gasteiger partial charge in [-0.05, 0) is 43.2 Å². The van der Waals surface area contributed by atoms with Gasteiger partial charge in [0.05, 0.1) is 6.61 Å². The molecule has 0 radical (unpaired) electrons. The van der Waals surface area contributed by atoms with Gasteiger partial charge in [-0.15, -0.1) is 0 Å². The number of halogens is 1. The Labute approximate surface area is 156 Å². The van der Waals surface area contributed by atoms with Crippen molar-refractivity contribution in [2.75, 3.05) is 18.5 Å². The lowest BCUT2D eigenvalue weighted by molar-refractivity contribution is 0.101. The first-order chi connectivity index (χ1) is 12.8. The van der Waals surface area contributed by atoms with Crippen LogP contribution in [0.25, 0.3) is 0 Å². The van der Waals surface area contributed by atoms with Crippen LogP contribution in [-0.4, -0.2) is 38.3 Å². The van der Waals surface area contributed by atoms with Crippen LogP contribution in [0.2, 0.25) is 0 Å². The number of nitrogens with zero attached hydrogens (tertiary/aromatic N) is 2. The van der Waals surface area contributed by atoms with E-state index in [9.17, 15) is 17.6 Å². The third-order valence-corrected chi connectivity index (χ3v) is 5.52. The molecule has 1 saturated heterocycles. The van der Waals surface area contributed by atoms with Crippen molar-refractivity contribution in [3.63, 3.8) is 0 Å². The van der Waals surface area contributed by atoms with Crippen LogP contribution in [0, 0.1) is 18.7 Å². The number of aromatic nitrogens is 1. The van der Waals surface area contributed by atoms with E-state index < -0.39 is 15.9 Å². The van der Waals surface area contributed by atoms with Gasteiger partial charge in [-0.2, -0.15) is 12.8 Å². The van der Waals surface area contributed by atoms with Gasteiger partial charge in [0, 0.05) is 37.7 Å². The molecule has 1 atom stereocenters. The summed E-state index contributed by atoms with van der Waals surface area (Å²) in [7, 11) is -2.34. The number of hydrogen-bond acceptors (Lipinski definition) is 4. The smallest absolute Gasteiger partial charge is 0.283 e. The molecule has 1 aromatic heterocycles. The number of benzene rings is 1. The number of carbonyl (C=O) groups excluding carboxylic acids is 1. The van der Waals surface area contributed by atoms with Gasteiger partial charge >= 0.3 is 0 Å². The summed E-state index contributed by atoms with van der Waals surface area (Å²) in [5.74, 6) is -0.892. The van der Waals surface area contributed by atoms with Crippen molar-refractivity contribution in [1.82, 2.24) is 4.57 Å². The van der Waals surface area contributed by atoms with E-state index in [2.05, 4.69) is 9.71 Å². The van der Waals surface area contributed by atoms with Gasteiger partial charge in [-0.1, -0.05) is 0 Å². The van der Waals surface area contributed by atoms with E-state index in [1.165, 1.54) is 41.2 Å². The van der Waals surface area contributed by atoms with Crippen LogP contribution in [0.15, 0.2) is 39.8 Å². The van der Waals surface area contributed by atoms with Crippen molar-refractivity contribution in [2.45, 2.75) is 18.2 Å². The molecule has 1 unspecified atom stereocenters. The number of anilines is 1. The zero-order valence-corrected chi connectivity index (χ0v) is 15.8. The quantitative estimate of drug-likeness (QED) is 0.791. The minimum absolute atomic E-state index is 0.0204. The van der Waals surface area contributed by atoms with Gasteiger partial charge in [-0.3, -0.25) is 4.79 Å². The first-order valence-corrected chi connectivity index (χ1v) is 9.82. The monoisotopic (exact) mass is 393 g/mol. The minimum Gasteiger partial charge on any atom is -0.381 e. The van der Waals surface area contributed by atoms with Crippen LogP contribution in [0.4, 0.5) is 10.1 Å². The predicted molar refractivity (Wildman–Crippen MR) is 99.1 cm³/mol. The molecule has 3 rings (SSSR count). The summed E-state index contributed by atoms with van der Waals surface area (Å²) < 4.78 is 48.4. The maximum Gasteiger partial charge on any atom is 0.283 e. The number of ether oxygens (including phenoxy) is 1. The van der Waals surface area contributed by atoms with E-state index in [0.29, 0.717) is 24.5 Å². The lowest BCUT2D eigenvalue weighted by Crippen LogP contribution is -2.15.